The van der Waals surface area contributed by atoms with E-state index >= 15 is 0 Å². The molecule has 4 rings (SSSR count). The van der Waals surface area contributed by atoms with Gasteiger partial charge in [-0.3, -0.25) is 15.1 Å². The summed E-state index contributed by atoms with van der Waals surface area (Å²) in [5.41, 5.74) is 6.25. The summed E-state index contributed by atoms with van der Waals surface area (Å²) in [6.07, 6.45) is 0.690. The molecule has 1 aliphatic rings. The molecule has 27 heavy (non-hydrogen) atoms. The Kier molecular flexibility index (Phi) is 4.42. The summed E-state index contributed by atoms with van der Waals surface area (Å²) in [5.74, 6) is 0. The van der Waals surface area contributed by atoms with Crippen molar-refractivity contribution >= 4 is 22.8 Å². The van der Waals surface area contributed by atoms with Gasteiger partial charge >= 0.3 is 0 Å². The normalized spacial score (nSPS) is 15.9. The van der Waals surface area contributed by atoms with Crippen LogP contribution in [0.25, 0.3) is 0 Å². The van der Waals surface area contributed by atoms with Crippen LogP contribution in [0, 0.1) is 17.0 Å². The van der Waals surface area contributed by atoms with Crippen LogP contribution in [-0.4, -0.2) is 10.6 Å². The standard InChI is InChI=1S/C22H19N3O2/c1-15-6-8-16(9-7-15)21-14-22(17-10-12-18(13-11-17)25(26)27)24-20-5-3-2-4-19(20)23-21/h2-13,22,24H,14H2,1H3. The highest BCUT2D eigenvalue weighted by Gasteiger charge is 2.21. The summed E-state index contributed by atoms with van der Waals surface area (Å²) < 4.78 is 0. The van der Waals surface area contributed by atoms with Crippen LogP contribution >= 0.6 is 0 Å². The maximum Gasteiger partial charge on any atom is 0.269 e. The predicted octanol–water partition coefficient (Wildman–Crippen LogP) is 5.58. The SMILES string of the molecule is Cc1ccc(C2=Nc3ccccc3NC(c3ccc([N+](=O)[O-])cc3)C2)cc1. The zero-order chi connectivity index (χ0) is 18.8. The number of nitro groups is 1. The van der Waals surface area contributed by atoms with Crippen molar-refractivity contribution in [2.75, 3.05) is 5.32 Å². The fourth-order valence-electron chi connectivity index (χ4n) is 3.27. The van der Waals surface area contributed by atoms with Crippen molar-refractivity contribution in [3.8, 4) is 0 Å². The Morgan fingerprint density at radius 3 is 2.41 bits per heavy atom. The molecule has 0 aromatic heterocycles. The number of benzene rings is 3. The van der Waals surface area contributed by atoms with Crippen LogP contribution in [0.3, 0.4) is 0 Å². The van der Waals surface area contributed by atoms with E-state index in [-0.39, 0.29) is 16.7 Å². The zero-order valence-electron chi connectivity index (χ0n) is 14.9. The molecular weight excluding hydrogens is 338 g/mol. The van der Waals surface area contributed by atoms with Gasteiger partial charge in [-0.15, -0.1) is 0 Å². The van der Waals surface area contributed by atoms with Gasteiger partial charge in [-0.25, -0.2) is 0 Å². The molecule has 0 saturated carbocycles. The largest absolute Gasteiger partial charge is 0.376 e. The van der Waals surface area contributed by atoms with Crippen LogP contribution in [-0.2, 0) is 0 Å². The molecule has 3 aromatic rings. The molecule has 5 heteroatoms. The van der Waals surface area contributed by atoms with Crippen LogP contribution in [0.1, 0.15) is 29.2 Å². The van der Waals surface area contributed by atoms with Gasteiger partial charge in [0.1, 0.15) is 0 Å². The van der Waals surface area contributed by atoms with Crippen LogP contribution < -0.4 is 5.32 Å². The minimum Gasteiger partial charge on any atom is -0.376 e. The molecule has 1 unspecified atom stereocenters. The number of nitrogens with one attached hydrogen (secondary N) is 1. The summed E-state index contributed by atoms with van der Waals surface area (Å²) in [6, 6.07) is 23.0. The Balaban J connectivity index is 1.75. The van der Waals surface area contributed by atoms with Gasteiger partial charge in [-0.05, 0) is 30.2 Å². The van der Waals surface area contributed by atoms with Crippen molar-refractivity contribution in [2.24, 2.45) is 4.99 Å². The molecule has 1 aliphatic heterocycles. The van der Waals surface area contributed by atoms with Gasteiger partial charge in [0.05, 0.1) is 28.1 Å². The number of hydrogen-bond acceptors (Lipinski definition) is 4. The van der Waals surface area contributed by atoms with Crippen LogP contribution in [0.4, 0.5) is 17.1 Å². The van der Waals surface area contributed by atoms with E-state index in [9.17, 15) is 10.1 Å². The third kappa shape index (κ3) is 3.58. The quantitative estimate of drug-likeness (QED) is 0.491. The van der Waals surface area contributed by atoms with E-state index in [1.807, 2.05) is 36.4 Å². The van der Waals surface area contributed by atoms with Crippen molar-refractivity contribution in [1.82, 2.24) is 0 Å². The lowest BCUT2D eigenvalue weighted by Crippen LogP contribution is -2.14. The molecule has 0 bridgehead atoms. The van der Waals surface area contributed by atoms with E-state index < -0.39 is 0 Å². The first-order chi connectivity index (χ1) is 13.1. The first-order valence-corrected chi connectivity index (χ1v) is 8.85. The fourth-order valence-corrected chi connectivity index (χ4v) is 3.27. The summed E-state index contributed by atoms with van der Waals surface area (Å²) in [6.45, 7) is 2.06. The first kappa shape index (κ1) is 17.0. The van der Waals surface area contributed by atoms with Gasteiger partial charge in [0.25, 0.3) is 5.69 Å². The molecule has 134 valence electrons. The third-order valence-electron chi connectivity index (χ3n) is 4.78. The smallest absolute Gasteiger partial charge is 0.269 e. The highest BCUT2D eigenvalue weighted by atomic mass is 16.6. The molecule has 1 heterocycles. The van der Waals surface area contributed by atoms with E-state index in [1.165, 1.54) is 5.56 Å². The second-order valence-electron chi connectivity index (χ2n) is 6.69. The van der Waals surface area contributed by atoms with E-state index in [0.29, 0.717) is 6.42 Å². The summed E-state index contributed by atoms with van der Waals surface area (Å²) in [5, 5.41) is 14.5. The van der Waals surface area contributed by atoms with Crippen molar-refractivity contribution < 1.29 is 4.92 Å². The highest BCUT2D eigenvalue weighted by Crippen LogP contribution is 2.35. The number of para-hydroxylation sites is 2. The predicted molar refractivity (Wildman–Crippen MR) is 108 cm³/mol. The van der Waals surface area contributed by atoms with Gasteiger partial charge in [-0.1, -0.05) is 54.1 Å². The average molecular weight is 357 g/mol. The van der Waals surface area contributed by atoms with E-state index in [2.05, 4.69) is 36.5 Å². The van der Waals surface area contributed by atoms with Gasteiger partial charge in [0.15, 0.2) is 0 Å². The number of hydrogen-bond donors (Lipinski definition) is 1. The molecule has 1 N–H and O–H groups in total. The van der Waals surface area contributed by atoms with Crippen molar-refractivity contribution in [3.63, 3.8) is 0 Å². The van der Waals surface area contributed by atoms with Crippen LogP contribution in [0.15, 0.2) is 77.8 Å². The Morgan fingerprint density at radius 2 is 1.70 bits per heavy atom. The third-order valence-corrected chi connectivity index (χ3v) is 4.78. The fraction of sp³-hybridized carbons (Fsp3) is 0.136. The topological polar surface area (TPSA) is 67.5 Å². The maximum absolute atomic E-state index is 10.9. The second-order valence-corrected chi connectivity index (χ2v) is 6.69. The number of rotatable bonds is 3. The lowest BCUT2D eigenvalue weighted by molar-refractivity contribution is -0.384. The lowest BCUT2D eigenvalue weighted by atomic mass is 9.96. The highest BCUT2D eigenvalue weighted by molar-refractivity contribution is 6.04. The number of non-ortho nitro benzene ring substituents is 1. The minimum atomic E-state index is -0.376. The van der Waals surface area contributed by atoms with E-state index in [4.69, 9.17) is 4.99 Å². The second kappa shape index (κ2) is 7.03. The van der Waals surface area contributed by atoms with Crippen LogP contribution in [0.2, 0.25) is 0 Å². The molecule has 0 radical (unpaired) electrons. The number of aliphatic imine (C=N–C) groups is 1. The maximum atomic E-state index is 10.9. The molecule has 0 amide bonds. The molecule has 0 aliphatic carbocycles. The number of anilines is 1. The molecule has 0 saturated heterocycles. The number of fused-ring (bicyclic) bond motifs is 1. The molecule has 0 fully saturated rings. The monoisotopic (exact) mass is 357 g/mol. The zero-order valence-corrected chi connectivity index (χ0v) is 14.9. The number of aryl methyl sites for hydroxylation is 1. The summed E-state index contributed by atoms with van der Waals surface area (Å²) in [4.78, 5) is 15.5. The van der Waals surface area contributed by atoms with Crippen molar-refractivity contribution in [1.29, 1.82) is 0 Å². The van der Waals surface area contributed by atoms with Crippen molar-refractivity contribution in [2.45, 2.75) is 19.4 Å². The Hall–Kier alpha value is -3.47. The van der Waals surface area contributed by atoms with Crippen LogP contribution in [0.5, 0.6) is 0 Å². The average Bonchev–Trinajstić information content (AvgIpc) is 2.88. The first-order valence-electron chi connectivity index (χ1n) is 8.85. The van der Waals surface area contributed by atoms with E-state index in [0.717, 1.165) is 28.2 Å². The Morgan fingerprint density at radius 1 is 1.00 bits per heavy atom. The molecule has 3 aromatic carbocycles. The molecule has 1 atom stereocenters. The summed E-state index contributed by atoms with van der Waals surface area (Å²) >= 11 is 0. The van der Waals surface area contributed by atoms with E-state index in [1.54, 1.807) is 12.1 Å². The summed E-state index contributed by atoms with van der Waals surface area (Å²) in [7, 11) is 0. The molecule has 5 nitrogen and oxygen atoms in total. The number of nitrogens with zero attached hydrogens (tertiary/aromatic N) is 2. The van der Waals surface area contributed by atoms with Gasteiger partial charge in [0, 0.05) is 18.6 Å². The van der Waals surface area contributed by atoms with Gasteiger partial charge in [0.2, 0.25) is 0 Å². The number of nitro benzene ring substituents is 1. The molecule has 0 spiro atoms. The van der Waals surface area contributed by atoms with Gasteiger partial charge in [-0.2, -0.15) is 0 Å². The Labute approximate surface area is 157 Å². The van der Waals surface area contributed by atoms with Crippen molar-refractivity contribution in [3.05, 3.63) is 99.6 Å². The minimum absolute atomic E-state index is 0.0190. The lowest BCUT2D eigenvalue weighted by Gasteiger charge is -2.19. The van der Waals surface area contributed by atoms with Gasteiger partial charge < -0.3 is 5.32 Å². The molecular formula is C22H19N3O2. The Bertz CT molecular complexity index is 1010.